The van der Waals surface area contributed by atoms with E-state index in [9.17, 15) is 27.2 Å². The van der Waals surface area contributed by atoms with Crippen molar-refractivity contribution in [1.29, 1.82) is 0 Å². The first-order valence-electron chi connectivity index (χ1n) is 14.1. The van der Waals surface area contributed by atoms with Crippen molar-refractivity contribution in [2.45, 2.75) is 57.5 Å². The molecule has 0 atom stereocenters. The molecular formula is C33H30F4N2O5. The predicted octanol–water partition coefficient (Wildman–Crippen LogP) is 8.46. The summed E-state index contributed by atoms with van der Waals surface area (Å²) >= 11 is 0. The van der Waals surface area contributed by atoms with Gasteiger partial charge in [0.1, 0.15) is 5.75 Å². The number of aliphatic carboxylic acids is 1. The van der Waals surface area contributed by atoms with E-state index in [1.165, 1.54) is 16.5 Å². The number of hydrogen-bond donors (Lipinski definition) is 2. The normalized spacial score (nSPS) is 16.9. The molecule has 1 aliphatic heterocycles. The highest BCUT2D eigenvalue weighted by Gasteiger charge is 2.54. The van der Waals surface area contributed by atoms with Crippen molar-refractivity contribution in [1.82, 2.24) is 0 Å². The Bertz CT molecular complexity index is 1570. The third-order valence-electron chi connectivity index (χ3n) is 7.33. The number of benzene rings is 3. The summed E-state index contributed by atoms with van der Waals surface area (Å²) in [6.45, 7) is 0.132. The maximum atomic E-state index is 14.3. The van der Waals surface area contributed by atoms with Gasteiger partial charge in [0.25, 0.3) is 0 Å². The van der Waals surface area contributed by atoms with Crippen molar-refractivity contribution >= 4 is 28.9 Å². The molecule has 0 spiro atoms. The second-order valence-corrected chi connectivity index (χ2v) is 10.5. The Kier molecular flexibility index (Phi) is 9.05. The summed E-state index contributed by atoms with van der Waals surface area (Å²) in [5.41, 5.74) is 3.62. The van der Waals surface area contributed by atoms with Gasteiger partial charge in [0.05, 0.1) is 12.1 Å². The third kappa shape index (κ3) is 7.65. The van der Waals surface area contributed by atoms with Crippen LogP contribution in [0.2, 0.25) is 0 Å². The monoisotopic (exact) mass is 610 g/mol. The van der Waals surface area contributed by atoms with Crippen LogP contribution in [0.1, 0.15) is 54.4 Å². The van der Waals surface area contributed by atoms with E-state index >= 15 is 0 Å². The van der Waals surface area contributed by atoms with Gasteiger partial charge in [-0.3, -0.25) is 4.90 Å². The number of anilines is 2. The Balaban J connectivity index is 1.37. The molecule has 5 rings (SSSR count). The fraction of sp³-hybridized carbons (Fsp3) is 0.273. The van der Waals surface area contributed by atoms with Gasteiger partial charge >= 0.3 is 24.4 Å². The fourth-order valence-corrected chi connectivity index (χ4v) is 5.13. The fourth-order valence-electron chi connectivity index (χ4n) is 5.13. The van der Waals surface area contributed by atoms with Crippen LogP contribution in [0.15, 0.2) is 85.0 Å². The maximum Gasteiger partial charge on any atom is 0.540 e. The van der Waals surface area contributed by atoms with E-state index in [0.717, 1.165) is 60.6 Å². The van der Waals surface area contributed by atoms with E-state index in [2.05, 4.69) is 20.9 Å². The Morgan fingerprint density at radius 2 is 1.68 bits per heavy atom. The van der Waals surface area contributed by atoms with Crippen LogP contribution in [0.25, 0.3) is 5.57 Å². The first-order chi connectivity index (χ1) is 21.0. The Labute approximate surface area is 251 Å². The zero-order chi connectivity index (χ0) is 31.3. The highest BCUT2D eigenvalue weighted by molar-refractivity contribution is 6.01. The quantitative estimate of drug-likeness (QED) is 0.188. The lowest BCUT2D eigenvalue weighted by atomic mass is 9.93. The first-order valence-corrected chi connectivity index (χ1v) is 14.1. The van der Waals surface area contributed by atoms with Crippen LogP contribution in [0.5, 0.6) is 5.75 Å². The molecule has 3 aromatic rings. The molecule has 2 amide bonds. The van der Waals surface area contributed by atoms with Crippen LogP contribution >= 0.6 is 0 Å². The second-order valence-electron chi connectivity index (χ2n) is 10.5. The van der Waals surface area contributed by atoms with E-state index in [1.807, 2.05) is 48.5 Å². The number of urea groups is 1. The van der Waals surface area contributed by atoms with Crippen LogP contribution in [0.3, 0.4) is 0 Å². The van der Waals surface area contributed by atoms with E-state index < -0.39 is 35.7 Å². The molecule has 1 aliphatic carbocycles. The van der Waals surface area contributed by atoms with Gasteiger partial charge in [0.15, 0.2) is 0 Å². The number of fused-ring (bicyclic) bond motifs is 1. The summed E-state index contributed by atoms with van der Waals surface area (Å²) in [6.07, 6.45) is 1.51. The molecular weight excluding hydrogens is 580 g/mol. The van der Waals surface area contributed by atoms with Crippen molar-refractivity contribution in [3.05, 3.63) is 107 Å². The van der Waals surface area contributed by atoms with Crippen molar-refractivity contribution in [3.8, 4) is 5.75 Å². The third-order valence-corrected chi connectivity index (χ3v) is 7.33. The molecule has 0 saturated carbocycles. The number of alkyl halides is 4. The van der Waals surface area contributed by atoms with Gasteiger partial charge in [0.2, 0.25) is 0 Å². The van der Waals surface area contributed by atoms with Crippen LogP contribution in [-0.2, 0) is 28.6 Å². The molecule has 3 aromatic carbocycles. The van der Waals surface area contributed by atoms with Crippen LogP contribution in [0, 0.1) is 0 Å². The van der Waals surface area contributed by atoms with Crippen molar-refractivity contribution in [2.24, 2.45) is 0 Å². The molecule has 0 saturated heterocycles. The number of aryl methyl sites for hydroxylation is 1. The molecule has 230 valence electrons. The average molecular weight is 611 g/mol. The minimum Gasteiger partial charge on any atom is -0.478 e. The van der Waals surface area contributed by atoms with Crippen molar-refractivity contribution in [2.75, 3.05) is 10.2 Å². The number of carboxylic acid groups (broad SMARTS) is 1. The summed E-state index contributed by atoms with van der Waals surface area (Å²) in [6, 6.07) is 17.3. The lowest BCUT2D eigenvalue weighted by Gasteiger charge is -2.31. The Morgan fingerprint density at radius 3 is 2.36 bits per heavy atom. The number of amides is 2. The lowest BCUT2D eigenvalue weighted by Crippen LogP contribution is -2.41. The minimum absolute atomic E-state index is 0.0652. The number of hydrogen-bond acceptors (Lipinski definition) is 4. The van der Waals surface area contributed by atoms with Crippen molar-refractivity contribution < 1.29 is 41.7 Å². The number of halogens is 4. The van der Waals surface area contributed by atoms with Gasteiger partial charge in [-0.15, -0.1) is 8.78 Å². The first kappa shape index (κ1) is 30.8. The molecule has 0 bridgehead atoms. The summed E-state index contributed by atoms with van der Waals surface area (Å²) in [5, 5.41) is 11.3. The number of ether oxygens (including phenoxy) is 2. The topological polar surface area (TPSA) is 88.1 Å². The lowest BCUT2D eigenvalue weighted by molar-refractivity contribution is -0.461. The highest BCUT2D eigenvalue weighted by Crippen LogP contribution is 2.47. The highest BCUT2D eigenvalue weighted by atomic mass is 19.3. The number of carbonyl (C=O) groups excluding carboxylic acids is 1. The Hall–Kier alpha value is -4.64. The van der Waals surface area contributed by atoms with Gasteiger partial charge in [-0.2, -0.15) is 8.78 Å². The summed E-state index contributed by atoms with van der Waals surface area (Å²) < 4.78 is 63.3. The molecule has 0 radical (unpaired) electrons. The average Bonchev–Trinajstić information content (AvgIpc) is 2.99. The van der Waals surface area contributed by atoms with Gasteiger partial charge in [0, 0.05) is 17.5 Å². The minimum atomic E-state index is -4.50. The molecule has 0 aromatic heterocycles. The van der Waals surface area contributed by atoms with Crippen LogP contribution in [-0.4, -0.2) is 23.4 Å². The predicted molar refractivity (Wildman–Crippen MR) is 157 cm³/mol. The zero-order valence-corrected chi connectivity index (χ0v) is 23.6. The van der Waals surface area contributed by atoms with Crippen LogP contribution < -0.4 is 15.0 Å². The van der Waals surface area contributed by atoms with E-state index in [0.29, 0.717) is 18.5 Å². The summed E-state index contributed by atoms with van der Waals surface area (Å²) in [4.78, 5) is 25.7. The van der Waals surface area contributed by atoms with Gasteiger partial charge in [-0.25, -0.2) is 14.3 Å². The number of allylic oxidation sites excluding steroid dienone is 3. The van der Waals surface area contributed by atoms with E-state index in [4.69, 9.17) is 5.11 Å². The largest absolute Gasteiger partial charge is 0.540 e. The van der Waals surface area contributed by atoms with Crippen LogP contribution in [0.4, 0.5) is 33.7 Å². The smallest absolute Gasteiger partial charge is 0.478 e. The number of carboxylic acids is 1. The maximum absolute atomic E-state index is 14.3. The number of nitrogens with one attached hydrogen (secondary N) is 1. The van der Waals surface area contributed by atoms with Gasteiger partial charge < -0.3 is 15.2 Å². The zero-order valence-electron chi connectivity index (χ0n) is 23.6. The molecule has 0 unspecified atom stereocenters. The molecule has 2 aliphatic rings. The SMILES string of the molecule is O=C(O)/C=C/CCc1ccc(CN(C(=O)Nc2ccc3c(c2)C(F)(F)OC(F)(F)O3)c2ccc(C3=CCCCC3)cc2)cc1. The molecule has 11 heteroatoms. The number of rotatable bonds is 9. The molecule has 7 nitrogen and oxygen atoms in total. The van der Waals surface area contributed by atoms with E-state index in [1.54, 1.807) is 6.08 Å². The molecule has 0 fully saturated rings. The number of nitrogens with zero attached hydrogens (tertiary/aromatic N) is 1. The number of carbonyl (C=O) groups is 2. The summed E-state index contributed by atoms with van der Waals surface area (Å²) in [5.74, 6) is -1.76. The molecule has 1 heterocycles. The van der Waals surface area contributed by atoms with Crippen molar-refractivity contribution in [3.63, 3.8) is 0 Å². The van der Waals surface area contributed by atoms with Gasteiger partial charge in [-0.1, -0.05) is 48.6 Å². The molecule has 2 N–H and O–H groups in total. The second kappa shape index (κ2) is 12.9. The van der Waals surface area contributed by atoms with E-state index in [-0.39, 0.29) is 12.2 Å². The summed E-state index contributed by atoms with van der Waals surface area (Å²) in [7, 11) is 0. The Morgan fingerprint density at radius 1 is 0.955 bits per heavy atom. The molecule has 44 heavy (non-hydrogen) atoms. The standard InChI is InChI=1S/C33H30F4N2O5/c34-32(35)28-20-26(16-19-29(28)43-33(36,37)44-32)38-31(42)39(27-17-14-25(15-18-27)24-7-2-1-3-8-24)21-23-12-10-22(11-13-23)6-4-5-9-30(40)41/h5,7,9-20H,1-4,6,8,21H2,(H,38,42)(H,40,41)/b9-5+. The van der Waals surface area contributed by atoms with Gasteiger partial charge in [-0.05, 0) is 91.1 Å².